The van der Waals surface area contributed by atoms with Crippen molar-refractivity contribution >= 4 is 27.0 Å². The number of aryl methyl sites for hydroxylation is 2. The maximum absolute atomic E-state index is 12.0. The van der Waals surface area contributed by atoms with E-state index in [2.05, 4.69) is 9.72 Å². The smallest absolute Gasteiger partial charge is 0.405 e. The number of carbonyl (C=O) groups is 1. The molecule has 0 aliphatic heterocycles. The molecule has 0 fully saturated rings. The molecular weight excluding hydrogens is 332 g/mol. The van der Waals surface area contributed by atoms with Crippen LogP contribution in [0.3, 0.4) is 0 Å². The number of nitrogens with two attached hydrogens (primary N) is 1. The molecule has 0 unspecified atom stereocenters. The molecule has 8 heteroatoms. The first-order valence-corrected chi connectivity index (χ1v) is 9.10. The highest BCUT2D eigenvalue weighted by Crippen LogP contribution is 2.27. The lowest BCUT2D eigenvalue weighted by Crippen LogP contribution is -2.27. The number of fused-ring (bicyclic) bond motifs is 1. The minimum absolute atomic E-state index is 0.0622. The van der Waals surface area contributed by atoms with Crippen LogP contribution in [0.25, 0.3) is 11.1 Å². The van der Waals surface area contributed by atoms with Crippen molar-refractivity contribution in [2.45, 2.75) is 52.0 Å². The molecule has 2 aromatic rings. The van der Waals surface area contributed by atoms with Crippen molar-refractivity contribution in [2.75, 3.05) is 5.75 Å². The van der Waals surface area contributed by atoms with Gasteiger partial charge in [0.25, 0.3) is 0 Å². The van der Waals surface area contributed by atoms with Gasteiger partial charge in [-0.15, -0.1) is 0 Å². The highest BCUT2D eigenvalue weighted by Gasteiger charge is 2.21. The number of hydrogen-bond donors (Lipinski definition) is 1. The SMILES string of the molecule is CC(C)(C)OC(N)=O.CCS(=O)(=O)c1c(C)ccc2nc(C)oc12. The largest absolute Gasteiger partial charge is 0.444 e. The number of benzene rings is 1. The summed E-state index contributed by atoms with van der Waals surface area (Å²) in [5.41, 5.74) is 5.93. The molecule has 0 bridgehead atoms. The number of nitrogens with zero attached hydrogens (tertiary/aromatic N) is 1. The normalized spacial score (nSPS) is 11.8. The van der Waals surface area contributed by atoms with Crippen molar-refractivity contribution in [1.82, 2.24) is 4.98 Å². The molecule has 0 spiro atoms. The summed E-state index contributed by atoms with van der Waals surface area (Å²) in [4.78, 5) is 14.4. The zero-order valence-electron chi connectivity index (χ0n) is 14.8. The summed E-state index contributed by atoms with van der Waals surface area (Å²) < 4.78 is 33.9. The van der Waals surface area contributed by atoms with Gasteiger partial charge in [0.15, 0.2) is 21.3 Å². The minimum atomic E-state index is -3.28. The number of hydrogen-bond acceptors (Lipinski definition) is 6. The fourth-order valence-corrected chi connectivity index (χ4v) is 3.29. The molecule has 1 aromatic heterocycles. The average Bonchev–Trinajstić information content (AvgIpc) is 2.76. The van der Waals surface area contributed by atoms with Crippen LogP contribution < -0.4 is 5.73 Å². The minimum Gasteiger partial charge on any atom is -0.444 e. The zero-order chi connectivity index (χ0) is 18.7. The van der Waals surface area contributed by atoms with Crippen LogP contribution in [-0.4, -0.2) is 30.8 Å². The van der Waals surface area contributed by atoms with Gasteiger partial charge in [-0.25, -0.2) is 18.2 Å². The van der Waals surface area contributed by atoms with Crippen molar-refractivity contribution in [3.8, 4) is 0 Å². The van der Waals surface area contributed by atoms with Gasteiger partial charge >= 0.3 is 6.09 Å². The van der Waals surface area contributed by atoms with Crippen molar-refractivity contribution in [3.63, 3.8) is 0 Å². The highest BCUT2D eigenvalue weighted by molar-refractivity contribution is 7.91. The first-order valence-electron chi connectivity index (χ1n) is 7.45. The summed E-state index contributed by atoms with van der Waals surface area (Å²) in [6.07, 6.45) is -0.725. The lowest BCUT2D eigenvalue weighted by Gasteiger charge is -2.16. The number of ether oxygens (including phenoxy) is 1. The van der Waals surface area contributed by atoms with Crippen LogP contribution in [0, 0.1) is 13.8 Å². The van der Waals surface area contributed by atoms with E-state index in [4.69, 9.17) is 10.2 Å². The number of rotatable bonds is 2. The van der Waals surface area contributed by atoms with E-state index in [1.807, 2.05) is 0 Å². The maximum atomic E-state index is 12.0. The van der Waals surface area contributed by atoms with Crippen molar-refractivity contribution in [3.05, 3.63) is 23.6 Å². The summed E-state index contributed by atoms with van der Waals surface area (Å²) in [5, 5.41) is 0. The Hall–Kier alpha value is -2.09. The second-order valence-corrected chi connectivity index (χ2v) is 8.44. The number of oxazole rings is 1. The number of aromatic nitrogens is 1. The van der Waals surface area contributed by atoms with Crippen LogP contribution in [-0.2, 0) is 14.6 Å². The molecule has 0 saturated heterocycles. The molecule has 0 radical (unpaired) electrons. The van der Waals surface area contributed by atoms with Crippen LogP contribution in [0.4, 0.5) is 4.79 Å². The van der Waals surface area contributed by atoms with Crippen molar-refractivity contribution in [1.29, 1.82) is 0 Å². The molecule has 1 heterocycles. The van der Waals surface area contributed by atoms with Gasteiger partial charge in [0.1, 0.15) is 16.0 Å². The van der Waals surface area contributed by atoms with E-state index in [9.17, 15) is 13.2 Å². The molecule has 0 saturated carbocycles. The van der Waals surface area contributed by atoms with Crippen LogP contribution in [0.1, 0.15) is 39.1 Å². The van der Waals surface area contributed by atoms with Gasteiger partial charge in [0, 0.05) is 6.92 Å². The molecule has 0 aliphatic rings. The van der Waals surface area contributed by atoms with Crippen molar-refractivity contribution < 1.29 is 22.4 Å². The van der Waals surface area contributed by atoms with Gasteiger partial charge in [0.2, 0.25) is 0 Å². The number of sulfone groups is 1. The van der Waals surface area contributed by atoms with Crippen LogP contribution in [0.15, 0.2) is 21.4 Å². The highest BCUT2D eigenvalue weighted by atomic mass is 32.2. The van der Waals surface area contributed by atoms with Crippen molar-refractivity contribution in [2.24, 2.45) is 5.73 Å². The average molecular weight is 356 g/mol. The van der Waals surface area contributed by atoms with Crippen LogP contribution in [0.5, 0.6) is 0 Å². The molecule has 1 aromatic carbocycles. The van der Waals surface area contributed by atoms with E-state index in [1.165, 1.54) is 0 Å². The Labute approximate surface area is 142 Å². The second kappa shape index (κ2) is 7.21. The standard InChI is InChI=1S/C11H13NO3S.C5H11NO2/c1-4-16(13,14)11-7(2)5-6-9-10(11)15-8(3)12-9;1-5(2,3)8-4(6)7/h5-6H,4H2,1-3H3;1-3H3,(H2,6,7). The molecule has 0 atom stereocenters. The monoisotopic (exact) mass is 356 g/mol. The number of carbonyl (C=O) groups excluding carboxylic acids is 1. The third-order valence-electron chi connectivity index (χ3n) is 2.91. The fourth-order valence-electron chi connectivity index (χ4n) is 2.01. The topological polar surface area (TPSA) is 112 Å². The summed E-state index contributed by atoms with van der Waals surface area (Å²) in [5.74, 6) is 0.542. The molecule has 24 heavy (non-hydrogen) atoms. The first kappa shape index (κ1) is 20.0. The third kappa shape index (κ3) is 5.23. The van der Waals surface area contributed by atoms with Crippen LogP contribution in [0.2, 0.25) is 0 Å². The Bertz CT molecular complexity index is 832. The van der Waals surface area contributed by atoms with Gasteiger partial charge in [-0.1, -0.05) is 13.0 Å². The quantitative estimate of drug-likeness (QED) is 0.884. The van der Waals surface area contributed by atoms with Gasteiger partial charge < -0.3 is 14.9 Å². The molecular formula is C16H24N2O5S. The molecule has 0 aliphatic carbocycles. The van der Waals surface area contributed by atoms with E-state index in [-0.39, 0.29) is 10.6 Å². The van der Waals surface area contributed by atoms with Crippen LogP contribution >= 0.6 is 0 Å². The summed E-state index contributed by atoms with van der Waals surface area (Å²) in [7, 11) is -3.28. The Balaban J connectivity index is 0.000000307. The molecule has 1 amide bonds. The molecule has 7 nitrogen and oxygen atoms in total. The summed E-state index contributed by atoms with van der Waals surface area (Å²) in [6, 6.07) is 3.53. The summed E-state index contributed by atoms with van der Waals surface area (Å²) >= 11 is 0. The Morgan fingerprint density at radius 3 is 2.29 bits per heavy atom. The zero-order valence-corrected chi connectivity index (χ0v) is 15.7. The van der Waals surface area contributed by atoms with Gasteiger partial charge in [0.05, 0.1) is 5.75 Å². The predicted octanol–water partition coefficient (Wildman–Crippen LogP) is 3.12. The predicted molar refractivity (Wildman–Crippen MR) is 91.6 cm³/mol. The van der Waals surface area contributed by atoms with Gasteiger partial charge in [-0.05, 0) is 39.3 Å². The van der Waals surface area contributed by atoms with E-state index < -0.39 is 21.5 Å². The summed E-state index contributed by atoms with van der Waals surface area (Å²) in [6.45, 7) is 10.4. The molecule has 134 valence electrons. The van der Waals surface area contributed by atoms with E-state index in [1.54, 1.807) is 53.7 Å². The number of primary amides is 1. The lowest BCUT2D eigenvalue weighted by atomic mass is 10.2. The van der Waals surface area contributed by atoms with E-state index in [0.29, 0.717) is 22.6 Å². The van der Waals surface area contributed by atoms with E-state index in [0.717, 1.165) is 0 Å². The Morgan fingerprint density at radius 1 is 1.29 bits per heavy atom. The maximum Gasteiger partial charge on any atom is 0.405 e. The van der Waals surface area contributed by atoms with Gasteiger partial charge in [-0.2, -0.15) is 0 Å². The second-order valence-electron chi connectivity index (χ2n) is 6.23. The van der Waals surface area contributed by atoms with Gasteiger partial charge in [-0.3, -0.25) is 0 Å². The number of amides is 1. The third-order valence-corrected chi connectivity index (χ3v) is 4.80. The fraction of sp³-hybridized carbons (Fsp3) is 0.500. The molecule has 2 N–H and O–H groups in total. The van der Waals surface area contributed by atoms with E-state index >= 15 is 0 Å². The Morgan fingerprint density at radius 2 is 1.88 bits per heavy atom. The first-order chi connectivity index (χ1) is 10.9. The lowest BCUT2D eigenvalue weighted by molar-refractivity contribution is 0.0600. The molecule has 2 rings (SSSR count). The Kier molecular flexibility index (Phi) is 5.99.